The molecule has 86 valence electrons. The van der Waals surface area contributed by atoms with E-state index >= 15 is 0 Å². The van der Waals surface area contributed by atoms with Crippen LogP contribution < -0.4 is 0 Å². The van der Waals surface area contributed by atoms with Gasteiger partial charge in [0, 0.05) is 24.2 Å². The first-order chi connectivity index (χ1) is 8.16. The molecule has 0 unspecified atom stereocenters. The fourth-order valence-corrected chi connectivity index (χ4v) is 1.66. The summed E-state index contributed by atoms with van der Waals surface area (Å²) in [4.78, 5) is 19.9. The summed E-state index contributed by atoms with van der Waals surface area (Å²) in [6.07, 6.45) is 4.88. The van der Waals surface area contributed by atoms with Gasteiger partial charge in [-0.3, -0.25) is 14.8 Å². The van der Waals surface area contributed by atoms with Gasteiger partial charge in [-0.25, -0.2) is 0 Å². The van der Waals surface area contributed by atoms with Crippen LogP contribution in [-0.4, -0.2) is 15.8 Å². The molecular weight excluding hydrogens is 259 g/mol. The molecule has 0 atom stereocenters. The molecular formula is C12H8Cl2N2O. The predicted molar refractivity (Wildman–Crippen MR) is 66.5 cm³/mol. The Bertz CT molecular complexity index is 543. The number of rotatable bonds is 3. The van der Waals surface area contributed by atoms with Gasteiger partial charge < -0.3 is 0 Å². The van der Waals surface area contributed by atoms with Crippen LogP contribution in [0.25, 0.3) is 0 Å². The monoisotopic (exact) mass is 266 g/mol. The van der Waals surface area contributed by atoms with E-state index in [1.807, 2.05) is 0 Å². The minimum Gasteiger partial charge on any atom is -0.294 e. The van der Waals surface area contributed by atoms with Gasteiger partial charge in [0.2, 0.25) is 0 Å². The van der Waals surface area contributed by atoms with Gasteiger partial charge in [0.15, 0.2) is 5.78 Å². The van der Waals surface area contributed by atoms with Gasteiger partial charge in [0.1, 0.15) is 0 Å². The Balaban J connectivity index is 2.18. The molecule has 0 amide bonds. The average molecular weight is 267 g/mol. The molecule has 0 saturated heterocycles. The number of ketones is 1. The maximum atomic E-state index is 11.9. The van der Waals surface area contributed by atoms with Crippen LogP contribution in [0.2, 0.25) is 10.0 Å². The van der Waals surface area contributed by atoms with Crippen molar-refractivity contribution in [3.05, 3.63) is 58.1 Å². The molecule has 0 N–H and O–H groups in total. The number of halogens is 2. The van der Waals surface area contributed by atoms with Crippen molar-refractivity contribution < 1.29 is 4.79 Å². The Morgan fingerprint density at radius 2 is 2.00 bits per heavy atom. The summed E-state index contributed by atoms with van der Waals surface area (Å²) >= 11 is 11.6. The maximum absolute atomic E-state index is 11.9. The van der Waals surface area contributed by atoms with Gasteiger partial charge in [0.25, 0.3) is 0 Å². The third-order valence-electron chi connectivity index (χ3n) is 2.20. The number of hydrogen-bond donors (Lipinski definition) is 0. The lowest BCUT2D eigenvalue weighted by molar-refractivity contribution is 0.0992. The predicted octanol–water partition coefficient (Wildman–Crippen LogP) is 3.21. The van der Waals surface area contributed by atoms with Crippen LogP contribution in [0.15, 0.2) is 36.8 Å². The molecule has 0 spiro atoms. The lowest BCUT2D eigenvalue weighted by Crippen LogP contribution is -2.05. The van der Waals surface area contributed by atoms with Crippen molar-refractivity contribution in [1.82, 2.24) is 9.97 Å². The summed E-state index contributed by atoms with van der Waals surface area (Å²) in [7, 11) is 0. The Morgan fingerprint density at radius 1 is 1.18 bits per heavy atom. The number of nitrogens with zero attached hydrogens (tertiary/aromatic N) is 2. The van der Waals surface area contributed by atoms with E-state index in [-0.39, 0.29) is 12.2 Å². The van der Waals surface area contributed by atoms with Crippen LogP contribution in [0.4, 0.5) is 0 Å². The molecule has 0 fully saturated rings. The molecule has 0 radical (unpaired) electrons. The number of carbonyl (C=O) groups excluding carboxylic acids is 1. The van der Waals surface area contributed by atoms with E-state index in [2.05, 4.69) is 9.97 Å². The summed E-state index contributed by atoms with van der Waals surface area (Å²) in [6.45, 7) is 0. The van der Waals surface area contributed by atoms with E-state index in [1.54, 1.807) is 36.8 Å². The Labute approximate surface area is 108 Å². The number of carbonyl (C=O) groups is 1. The standard InChI is InChI=1S/C12H8Cl2N2O/c13-10-2-1-8(5-11(10)14)12(17)6-9-7-15-3-4-16-9/h1-5,7H,6H2. The molecule has 0 bridgehead atoms. The molecule has 0 aliphatic rings. The molecule has 1 heterocycles. The zero-order valence-corrected chi connectivity index (χ0v) is 10.2. The van der Waals surface area contributed by atoms with Crippen molar-refractivity contribution >= 4 is 29.0 Å². The van der Waals surface area contributed by atoms with E-state index in [9.17, 15) is 4.79 Å². The molecule has 17 heavy (non-hydrogen) atoms. The second-order valence-electron chi connectivity index (χ2n) is 3.43. The van der Waals surface area contributed by atoms with Crippen molar-refractivity contribution in [2.24, 2.45) is 0 Å². The number of aromatic nitrogens is 2. The van der Waals surface area contributed by atoms with Gasteiger partial charge in [-0.05, 0) is 18.2 Å². The second-order valence-corrected chi connectivity index (χ2v) is 4.24. The minimum absolute atomic E-state index is 0.0657. The van der Waals surface area contributed by atoms with Crippen LogP contribution in [0.3, 0.4) is 0 Å². The minimum atomic E-state index is -0.0657. The molecule has 2 rings (SSSR count). The topological polar surface area (TPSA) is 42.9 Å². The number of hydrogen-bond acceptors (Lipinski definition) is 3. The third-order valence-corrected chi connectivity index (χ3v) is 2.94. The highest BCUT2D eigenvalue weighted by Gasteiger charge is 2.09. The molecule has 3 nitrogen and oxygen atoms in total. The summed E-state index contributed by atoms with van der Waals surface area (Å²) in [5, 5.41) is 0.805. The lowest BCUT2D eigenvalue weighted by atomic mass is 10.1. The highest BCUT2D eigenvalue weighted by atomic mass is 35.5. The Morgan fingerprint density at radius 3 is 2.65 bits per heavy atom. The van der Waals surface area contributed by atoms with Crippen molar-refractivity contribution in [2.45, 2.75) is 6.42 Å². The van der Waals surface area contributed by atoms with Gasteiger partial charge in [-0.1, -0.05) is 23.2 Å². The number of Topliss-reactive ketones (excluding diaryl/α,β-unsaturated/α-hetero) is 1. The Hall–Kier alpha value is -1.45. The second kappa shape index (κ2) is 5.25. The zero-order valence-electron chi connectivity index (χ0n) is 8.73. The molecule has 1 aromatic heterocycles. The first kappa shape index (κ1) is 12.0. The van der Waals surface area contributed by atoms with Gasteiger partial charge in [0.05, 0.1) is 22.2 Å². The van der Waals surface area contributed by atoms with Crippen molar-refractivity contribution in [2.75, 3.05) is 0 Å². The lowest BCUT2D eigenvalue weighted by Gasteiger charge is -2.02. The van der Waals surface area contributed by atoms with Crippen LogP contribution in [0.5, 0.6) is 0 Å². The quantitative estimate of drug-likeness (QED) is 0.802. The van der Waals surface area contributed by atoms with Gasteiger partial charge in [-0.15, -0.1) is 0 Å². The largest absolute Gasteiger partial charge is 0.294 e. The molecule has 0 aliphatic heterocycles. The molecule has 5 heteroatoms. The van der Waals surface area contributed by atoms with Crippen LogP contribution in [0.1, 0.15) is 16.1 Å². The van der Waals surface area contributed by atoms with E-state index < -0.39 is 0 Å². The van der Waals surface area contributed by atoms with E-state index in [1.165, 1.54) is 0 Å². The first-order valence-corrected chi connectivity index (χ1v) is 5.65. The molecule has 0 saturated carbocycles. The summed E-state index contributed by atoms with van der Waals surface area (Å²) in [5.74, 6) is -0.0657. The highest BCUT2D eigenvalue weighted by Crippen LogP contribution is 2.23. The number of benzene rings is 1. The van der Waals surface area contributed by atoms with Crippen molar-refractivity contribution in [1.29, 1.82) is 0 Å². The van der Waals surface area contributed by atoms with E-state index in [0.29, 0.717) is 21.3 Å². The maximum Gasteiger partial charge on any atom is 0.168 e. The fourth-order valence-electron chi connectivity index (χ4n) is 1.36. The highest BCUT2D eigenvalue weighted by molar-refractivity contribution is 6.42. The summed E-state index contributed by atoms with van der Waals surface area (Å²) in [5.41, 5.74) is 1.15. The molecule has 2 aromatic rings. The van der Waals surface area contributed by atoms with Crippen molar-refractivity contribution in [3.8, 4) is 0 Å². The van der Waals surface area contributed by atoms with Gasteiger partial charge >= 0.3 is 0 Å². The van der Waals surface area contributed by atoms with Crippen LogP contribution >= 0.6 is 23.2 Å². The summed E-state index contributed by atoms with van der Waals surface area (Å²) < 4.78 is 0. The zero-order chi connectivity index (χ0) is 12.3. The average Bonchev–Trinajstić information content (AvgIpc) is 2.34. The smallest absolute Gasteiger partial charge is 0.168 e. The first-order valence-electron chi connectivity index (χ1n) is 4.90. The summed E-state index contributed by atoms with van der Waals surface area (Å²) in [6, 6.07) is 4.81. The Kier molecular flexibility index (Phi) is 3.71. The third kappa shape index (κ3) is 3.02. The van der Waals surface area contributed by atoms with E-state index in [4.69, 9.17) is 23.2 Å². The molecule has 1 aromatic carbocycles. The van der Waals surface area contributed by atoms with Gasteiger partial charge in [-0.2, -0.15) is 0 Å². The van der Waals surface area contributed by atoms with E-state index in [0.717, 1.165) is 0 Å². The van der Waals surface area contributed by atoms with Crippen LogP contribution in [0, 0.1) is 0 Å². The fraction of sp³-hybridized carbons (Fsp3) is 0.0833. The molecule has 0 aliphatic carbocycles. The van der Waals surface area contributed by atoms with Crippen LogP contribution in [-0.2, 0) is 6.42 Å². The van der Waals surface area contributed by atoms with Crippen molar-refractivity contribution in [3.63, 3.8) is 0 Å². The normalized spacial score (nSPS) is 10.2. The SMILES string of the molecule is O=C(Cc1cnccn1)c1ccc(Cl)c(Cl)c1.